The number of halogens is 1. The van der Waals surface area contributed by atoms with Gasteiger partial charge in [-0.15, -0.1) is 0 Å². The van der Waals surface area contributed by atoms with Crippen LogP contribution in [0.5, 0.6) is 0 Å². The van der Waals surface area contributed by atoms with Crippen molar-refractivity contribution >= 4 is 23.2 Å². The van der Waals surface area contributed by atoms with Crippen LogP contribution in [0.25, 0.3) is 0 Å². The molecule has 0 atom stereocenters. The second-order valence-electron chi connectivity index (χ2n) is 4.25. The van der Waals surface area contributed by atoms with Gasteiger partial charge >= 0.3 is 0 Å². The largest absolute Gasteiger partial charge is 0.384 e. The standard InChI is InChI=1S/C16H13ClN2O2/c1-11-14(17)5-2-6-15(11)19-16(21)13-7-8-18-10-12(13)4-3-9-20/h2,5-8,10,20H,9H2,1H3,(H,19,21). The third-order valence-electron chi connectivity index (χ3n) is 2.88. The van der Waals surface area contributed by atoms with Crippen molar-refractivity contribution in [2.24, 2.45) is 0 Å². The summed E-state index contributed by atoms with van der Waals surface area (Å²) in [7, 11) is 0. The van der Waals surface area contributed by atoms with Gasteiger partial charge < -0.3 is 10.4 Å². The molecule has 0 aliphatic carbocycles. The molecule has 2 rings (SSSR count). The van der Waals surface area contributed by atoms with E-state index in [2.05, 4.69) is 22.1 Å². The lowest BCUT2D eigenvalue weighted by molar-refractivity contribution is 0.102. The maximum atomic E-state index is 12.3. The molecule has 0 aliphatic heterocycles. The van der Waals surface area contributed by atoms with Crippen LogP contribution in [0.2, 0.25) is 5.02 Å². The molecule has 0 spiro atoms. The van der Waals surface area contributed by atoms with Crippen molar-refractivity contribution in [3.8, 4) is 11.8 Å². The van der Waals surface area contributed by atoms with Crippen LogP contribution in [-0.2, 0) is 0 Å². The lowest BCUT2D eigenvalue weighted by Crippen LogP contribution is -2.14. The molecule has 5 heteroatoms. The van der Waals surface area contributed by atoms with Crippen molar-refractivity contribution in [3.63, 3.8) is 0 Å². The van der Waals surface area contributed by atoms with Crippen LogP contribution in [0, 0.1) is 18.8 Å². The van der Waals surface area contributed by atoms with Crippen LogP contribution < -0.4 is 5.32 Å². The zero-order valence-electron chi connectivity index (χ0n) is 11.4. The highest BCUT2D eigenvalue weighted by Crippen LogP contribution is 2.23. The van der Waals surface area contributed by atoms with Gasteiger partial charge in [0.05, 0.1) is 11.1 Å². The van der Waals surface area contributed by atoms with Crippen LogP contribution >= 0.6 is 11.6 Å². The molecule has 1 aromatic heterocycles. The molecule has 1 aromatic carbocycles. The fourth-order valence-electron chi connectivity index (χ4n) is 1.76. The van der Waals surface area contributed by atoms with Gasteiger partial charge in [-0.25, -0.2) is 0 Å². The summed E-state index contributed by atoms with van der Waals surface area (Å²) in [4.78, 5) is 16.3. The highest BCUT2D eigenvalue weighted by atomic mass is 35.5. The smallest absolute Gasteiger partial charge is 0.257 e. The summed E-state index contributed by atoms with van der Waals surface area (Å²) in [5, 5.41) is 12.1. The quantitative estimate of drug-likeness (QED) is 0.838. The molecule has 4 nitrogen and oxygen atoms in total. The number of aromatic nitrogens is 1. The van der Waals surface area contributed by atoms with Crippen molar-refractivity contribution in [1.29, 1.82) is 0 Å². The minimum atomic E-state index is -0.301. The number of carbonyl (C=O) groups excluding carboxylic acids is 1. The van der Waals surface area contributed by atoms with E-state index in [1.807, 2.05) is 6.92 Å². The summed E-state index contributed by atoms with van der Waals surface area (Å²) in [5.74, 6) is 4.91. The highest BCUT2D eigenvalue weighted by Gasteiger charge is 2.12. The monoisotopic (exact) mass is 300 g/mol. The Labute approximate surface area is 127 Å². The van der Waals surface area contributed by atoms with E-state index < -0.39 is 0 Å². The molecule has 2 N–H and O–H groups in total. The molecule has 106 valence electrons. The maximum absolute atomic E-state index is 12.3. The van der Waals surface area contributed by atoms with Gasteiger partial charge in [-0.2, -0.15) is 0 Å². The SMILES string of the molecule is Cc1c(Cl)cccc1NC(=O)c1ccncc1C#CCO. The Bertz CT molecular complexity index is 733. The Balaban J connectivity index is 2.31. The number of carbonyl (C=O) groups is 1. The number of amides is 1. The average molecular weight is 301 g/mol. The van der Waals surface area contributed by atoms with Gasteiger partial charge in [0.2, 0.25) is 0 Å². The number of hydrogen-bond acceptors (Lipinski definition) is 3. The van der Waals surface area contributed by atoms with Gasteiger partial charge in [-0.3, -0.25) is 9.78 Å². The first kappa shape index (κ1) is 15.0. The second-order valence-corrected chi connectivity index (χ2v) is 4.65. The molecule has 0 saturated carbocycles. The fourth-order valence-corrected chi connectivity index (χ4v) is 1.93. The molecule has 21 heavy (non-hydrogen) atoms. The van der Waals surface area contributed by atoms with Crippen molar-refractivity contribution in [3.05, 3.63) is 58.4 Å². The van der Waals surface area contributed by atoms with Gasteiger partial charge in [0.15, 0.2) is 0 Å². The van der Waals surface area contributed by atoms with Crippen molar-refractivity contribution in [2.45, 2.75) is 6.92 Å². The van der Waals surface area contributed by atoms with E-state index in [0.717, 1.165) is 5.56 Å². The summed E-state index contributed by atoms with van der Waals surface area (Å²) in [5.41, 5.74) is 2.30. The van der Waals surface area contributed by atoms with Crippen LogP contribution in [0.15, 0.2) is 36.7 Å². The Morgan fingerprint density at radius 2 is 2.24 bits per heavy atom. The topological polar surface area (TPSA) is 62.2 Å². The summed E-state index contributed by atoms with van der Waals surface area (Å²) >= 11 is 6.03. The maximum Gasteiger partial charge on any atom is 0.257 e. The van der Waals surface area contributed by atoms with Gasteiger partial charge in [0, 0.05) is 23.1 Å². The number of rotatable bonds is 2. The number of nitrogens with zero attached hydrogens (tertiary/aromatic N) is 1. The Morgan fingerprint density at radius 3 is 3.00 bits per heavy atom. The molecule has 0 fully saturated rings. The zero-order chi connectivity index (χ0) is 15.2. The number of benzene rings is 1. The zero-order valence-corrected chi connectivity index (χ0v) is 12.1. The predicted molar refractivity (Wildman–Crippen MR) is 82.3 cm³/mol. The van der Waals surface area contributed by atoms with E-state index in [-0.39, 0.29) is 12.5 Å². The minimum absolute atomic E-state index is 0.274. The molecule has 0 saturated heterocycles. The van der Waals surface area contributed by atoms with E-state index in [0.29, 0.717) is 21.8 Å². The van der Waals surface area contributed by atoms with Crippen LogP contribution in [0.4, 0.5) is 5.69 Å². The number of nitrogens with one attached hydrogen (secondary N) is 1. The highest BCUT2D eigenvalue weighted by molar-refractivity contribution is 6.31. The molecule has 1 heterocycles. The molecule has 0 unspecified atom stereocenters. The van der Waals surface area contributed by atoms with Gasteiger partial charge in [0.1, 0.15) is 6.61 Å². The third kappa shape index (κ3) is 3.60. The number of hydrogen-bond donors (Lipinski definition) is 2. The molecule has 0 aliphatic rings. The number of aliphatic hydroxyl groups is 1. The van der Waals surface area contributed by atoms with E-state index in [1.54, 1.807) is 24.3 Å². The molecule has 0 radical (unpaired) electrons. The average Bonchev–Trinajstić information content (AvgIpc) is 2.50. The normalized spacial score (nSPS) is 9.67. The molecular formula is C16H13ClN2O2. The third-order valence-corrected chi connectivity index (χ3v) is 3.29. The molecule has 2 aromatic rings. The fraction of sp³-hybridized carbons (Fsp3) is 0.125. The van der Waals surface area contributed by atoms with E-state index in [1.165, 1.54) is 12.4 Å². The van der Waals surface area contributed by atoms with Gasteiger partial charge in [-0.05, 0) is 30.7 Å². The predicted octanol–water partition coefficient (Wildman–Crippen LogP) is 2.64. The summed E-state index contributed by atoms with van der Waals surface area (Å²) in [6.07, 6.45) is 3.01. The first-order valence-electron chi connectivity index (χ1n) is 6.23. The Hall–Kier alpha value is -2.35. The number of pyridine rings is 1. The first-order chi connectivity index (χ1) is 10.1. The minimum Gasteiger partial charge on any atom is -0.384 e. The van der Waals surface area contributed by atoms with E-state index in [9.17, 15) is 4.79 Å². The second kappa shape index (κ2) is 6.89. The van der Waals surface area contributed by atoms with Crippen molar-refractivity contribution in [2.75, 3.05) is 11.9 Å². The van der Waals surface area contributed by atoms with Gasteiger partial charge in [0.25, 0.3) is 5.91 Å². The summed E-state index contributed by atoms with van der Waals surface area (Å²) in [6.45, 7) is 1.56. The van der Waals surface area contributed by atoms with Gasteiger partial charge in [-0.1, -0.05) is 29.5 Å². The summed E-state index contributed by atoms with van der Waals surface area (Å²) in [6, 6.07) is 6.89. The van der Waals surface area contributed by atoms with Crippen molar-refractivity contribution < 1.29 is 9.90 Å². The van der Waals surface area contributed by atoms with Crippen LogP contribution in [0.1, 0.15) is 21.5 Å². The van der Waals surface area contributed by atoms with Crippen molar-refractivity contribution in [1.82, 2.24) is 4.98 Å². The lowest BCUT2D eigenvalue weighted by atomic mass is 10.1. The molecule has 0 bridgehead atoms. The lowest BCUT2D eigenvalue weighted by Gasteiger charge is -2.10. The summed E-state index contributed by atoms with van der Waals surface area (Å²) < 4.78 is 0. The van der Waals surface area contributed by atoms with E-state index in [4.69, 9.17) is 16.7 Å². The molecule has 1 amide bonds. The Kier molecular flexibility index (Phi) is 4.94. The number of aliphatic hydroxyl groups excluding tert-OH is 1. The first-order valence-corrected chi connectivity index (χ1v) is 6.61. The molecular weight excluding hydrogens is 288 g/mol. The number of anilines is 1. The van der Waals surface area contributed by atoms with E-state index >= 15 is 0 Å². The Morgan fingerprint density at radius 1 is 1.43 bits per heavy atom. The van der Waals surface area contributed by atoms with Crippen LogP contribution in [0.3, 0.4) is 0 Å². The van der Waals surface area contributed by atoms with Crippen LogP contribution in [-0.4, -0.2) is 22.6 Å².